The zero-order valence-corrected chi connectivity index (χ0v) is 15.1. The predicted octanol–water partition coefficient (Wildman–Crippen LogP) is 4.27. The summed E-state index contributed by atoms with van der Waals surface area (Å²) in [6.45, 7) is -0.380. The van der Waals surface area contributed by atoms with Crippen LogP contribution in [0.3, 0.4) is 0 Å². The molecule has 3 aromatic rings. The second-order valence-corrected chi connectivity index (χ2v) is 7.70. The third kappa shape index (κ3) is 3.99. The normalized spacial score (nSPS) is 11.2. The highest BCUT2D eigenvalue weighted by Gasteiger charge is 2.27. The lowest BCUT2D eigenvalue weighted by atomic mass is 10.2. The number of benzene rings is 3. The molecular formula is C19H14F2N2O4S. The number of nitro benzene ring substituents is 1. The van der Waals surface area contributed by atoms with Gasteiger partial charge in [-0.15, -0.1) is 0 Å². The summed E-state index contributed by atoms with van der Waals surface area (Å²) >= 11 is 0. The predicted molar refractivity (Wildman–Crippen MR) is 99.3 cm³/mol. The van der Waals surface area contributed by atoms with Crippen molar-refractivity contribution in [2.45, 2.75) is 11.4 Å². The van der Waals surface area contributed by atoms with Gasteiger partial charge >= 0.3 is 0 Å². The lowest BCUT2D eigenvalue weighted by Crippen LogP contribution is -2.31. The summed E-state index contributed by atoms with van der Waals surface area (Å²) in [6.07, 6.45) is 0. The van der Waals surface area contributed by atoms with Gasteiger partial charge in [-0.2, -0.15) is 0 Å². The fourth-order valence-electron chi connectivity index (χ4n) is 2.59. The van der Waals surface area contributed by atoms with Gasteiger partial charge in [-0.25, -0.2) is 17.2 Å². The molecule has 0 aliphatic rings. The van der Waals surface area contributed by atoms with E-state index in [2.05, 4.69) is 0 Å². The first-order valence-electron chi connectivity index (χ1n) is 8.05. The van der Waals surface area contributed by atoms with Crippen LogP contribution in [-0.2, 0) is 16.6 Å². The topological polar surface area (TPSA) is 80.5 Å². The Bertz CT molecular complexity index is 1120. The Morgan fingerprint density at radius 3 is 2.21 bits per heavy atom. The third-order valence-corrected chi connectivity index (χ3v) is 5.79. The molecule has 144 valence electrons. The maximum Gasteiger partial charge on any atom is 0.269 e. The number of sulfonamides is 1. The van der Waals surface area contributed by atoms with E-state index in [1.807, 2.05) is 0 Å². The number of nitrogens with zero attached hydrogens (tertiary/aromatic N) is 2. The zero-order valence-electron chi connectivity index (χ0n) is 14.3. The first-order chi connectivity index (χ1) is 13.3. The summed E-state index contributed by atoms with van der Waals surface area (Å²) in [7, 11) is -4.25. The van der Waals surface area contributed by atoms with E-state index in [4.69, 9.17) is 0 Å². The van der Waals surface area contributed by atoms with Gasteiger partial charge in [0.25, 0.3) is 15.7 Å². The number of anilines is 1. The molecule has 0 bridgehead atoms. The van der Waals surface area contributed by atoms with E-state index < -0.39 is 26.6 Å². The summed E-state index contributed by atoms with van der Waals surface area (Å²) in [6, 6.07) is 14.8. The van der Waals surface area contributed by atoms with Crippen molar-refractivity contribution < 1.29 is 22.1 Å². The molecule has 28 heavy (non-hydrogen) atoms. The van der Waals surface area contributed by atoms with Crippen molar-refractivity contribution in [2.75, 3.05) is 4.31 Å². The van der Waals surface area contributed by atoms with Crippen molar-refractivity contribution in [2.24, 2.45) is 0 Å². The highest BCUT2D eigenvalue weighted by Crippen LogP contribution is 2.28. The quantitative estimate of drug-likeness (QED) is 0.454. The Balaban J connectivity index is 2.09. The van der Waals surface area contributed by atoms with Crippen molar-refractivity contribution >= 4 is 21.4 Å². The molecule has 0 amide bonds. The van der Waals surface area contributed by atoms with Crippen LogP contribution in [0, 0.1) is 21.7 Å². The van der Waals surface area contributed by atoms with Crippen molar-refractivity contribution in [1.29, 1.82) is 0 Å². The van der Waals surface area contributed by atoms with Gasteiger partial charge in [0.2, 0.25) is 0 Å². The summed E-state index contributed by atoms with van der Waals surface area (Å²) in [5.74, 6) is -1.27. The summed E-state index contributed by atoms with van der Waals surface area (Å²) in [5.41, 5.74) is -0.177. The SMILES string of the molecule is O=[N+]([O-])c1ccc(S(=O)(=O)N(Cc2ccccc2F)c2cccc(F)c2)cc1. The van der Waals surface area contributed by atoms with Crippen molar-refractivity contribution in [3.63, 3.8) is 0 Å². The molecular weight excluding hydrogens is 390 g/mol. The van der Waals surface area contributed by atoms with Crippen LogP contribution in [0.25, 0.3) is 0 Å². The molecule has 0 radical (unpaired) electrons. The van der Waals surface area contributed by atoms with Crippen LogP contribution in [0.1, 0.15) is 5.56 Å². The standard InChI is InChI=1S/C19H14F2N2O4S/c20-15-5-3-6-17(12-15)22(13-14-4-1-2-7-19(14)21)28(26,27)18-10-8-16(9-11-18)23(24)25/h1-12H,13H2. The lowest BCUT2D eigenvalue weighted by molar-refractivity contribution is -0.384. The van der Waals surface area contributed by atoms with Gasteiger partial charge in [-0.3, -0.25) is 14.4 Å². The van der Waals surface area contributed by atoms with E-state index in [1.54, 1.807) is 6.07 Å². The van der Waals surface area contributed by atoms with Crippen molar-refractivity contribution in [3.8, 4) is 0 Å². The molecule has 0 saturated carbocycles. The summed E-state index contributed by atoms with van der Waals surface area (Å²) in [4.78, 5) is 9.91. The van der Waals surface area contributed by atoms with Gasteiger partial charge < -0.3 is 0 Å². The average molecular weight is 404 g/mol. The highest BCUT2D eigenvalue weighted by molar-refractivity contribution is 7.92. The van der Waals surface area contributed by atoms with Crippen LogP contribution in [0.2, 0.25) is 0 Å². The maximum absolute atomic E-state index is 14.1. The largest absolute Gasteiger partial charge is 0.269 e. The highest BCUT2D eigenvalue weighted by atomic mass is 32.2. The molecule has 0 saturated heterocycles. The molecule has 0 spiro atoms. The first-order valence-corrected chi connectivity index (χ1v) is 9.49. The minimum Gasteiger partial charge on any atom is -0.262 e. The van der Waals surface area contributed by atoms with Crippen LogP contribution in [0.5, 0.6) is 0 Å². The first kappa shape index (κ1) is 19.4. The molecule has 0 heterocycles. The average Bonchev–Trinajstić information content (AvgIpc) is 2.67. The van der Waals surface area contributed by atoms with E-state index in [-0.39, 0.29) is 28.4 Å². The second kappa shape index (κ2) is 7.73. The molecule has 6 nitrogen and oxygen atoms in total. The van der Waals surface area contributed by atoms with Gasteiger partial charge in [0.15, 0.2) is 0 Å². The minimum absolute atomic E-state index is 0.00149. The van der Waals surface area contributed by atoms with E-state index in [9.17, 15) is 27.3 Å². The van der Waals surface area contributed by atoms with Crippen molar-refractivity contribution in [1.82, 2.24) is 0 Å². The molecule has 9 heteroatoms. The number of non-ortho nitro benzene ring substituents is 1. The van der Waals surface area contributed by atoms with Gasteiger partial charge in [-0.1, -0.05) is 24.3 Å². The van der Waals surface area contributed by atoms with Crippen LogP contribution in [0.15, 0.2) is 77.7 Å². The fraction of sp³-hybridized carbons (Fsp3) is 0.0526. The number of halogens is 2. The third-order valence-electron chi connectivity index (χ3n) is 4.00. The summed E-state index contributed by atoms with van der Waals surface area (Å²) < 4.78 is 55.0. The lowest BCUT2D eigenvalue weighted by Gasteiger charge is -2.25. The van der Waals surface area contributed by atoms with Gasteiger partial charge in [0.1, 0.15) is 11.6 Å². The molecule has 3 rings (SSSR count). The number of rotatable bonds is 6. The monoisotopic (exact) mass is 404 g/mol. The van der Waals surface area contributed by atoms with Gasteiger partial charge in [0.05, 0.1) is 22.1 Å². The van der Waals surface area contributed by atoms with Crippen molar-refractivity contribution in [3.05, 3.63) is 100 Å². The fourth-order valence-corrected chi connectivity index (χ4v) is 4.03. The molecule has 0 atom stereocenters. The Labute approximate surface area is 159 Å². The minimum atomic E-state index is -4.25. The van der Waals surface area contributed by atoms with E-state index in [0.29, 0.717) is 0 Å². The zero-order chi connectivity index (χ0) is 20.3. The maximum atomic E-state index is 14.1. The Morgan fingerprint density at radius 2 is 1.61 bits per heavy atom. The van der Waals surface area contributed by atoms with E-state index in [1.165, 1.54) is 30.3 Å². The Kier molecular flexibility index (Phi) is 5.36. The number of hydrogen-bond acceptors (Lipinski definition) is 4. The molecule has 0 aromatic heterocycles. The smallest absolute Gasteiger partial charge is 0.262 e. The molecule has 0 fully saturated rings. The Morgan fingerprint density at radius 1 is 0.929 bits per heavy atom. The van der Waals surface area contributed by atoms with Crippen LogP contribution in [-0.4, -0.2) is 13.3 Å². The molecule has 3 aromatic carbocycles. The Hall–Kier alpha value is -3.33. The van der Waals surface area contributed by atoms with Crippen LogP contribution in [0.4, 0.5) is 20.2 Å². The molecule has 0 unspecified atom stereocenters. The van der Waals surface area contributed by atoms with Crippen LogP contribution < -0.4 is 4.31 Å². The summed E-state index contributed by atoms with van der Waals surface area (Å²) in [5, 5.41) is 10.8. The van der Waals surface area contributed by atoms with E-state index >= 15 is 0 Å². The molecule has 0 aliphatic heterocycles. The van der Waals surface area contributed by atoms with Crippen LogP contribution >= 0.6 is 0 Å². The molecule has 0 N–H and O–H groups in total. The second-order valence-electron chi connectivity index (χ2n) is 5.83. The van der Waals surface area contributed by atoms with Gasteiger partial charge in [0, 0.05) is 17.7 Å². The molecule has 0 aliphatic carbocycles. The number of hydrogen-bond donors (Lipinski definition) is 0. The van der Waals surface area contributed by atoms with Gasteiger partial charge in [-0.05, 0) is 36.4 Å². The number of nitro groups is 1. The van der Waals surface area contributed by atoms with E-state index in [0.717, 1.165) is 40.7 Å².